The Labute approximate surface area is 152 Å². The van der Waals surface area contributed by atoms with Crippen LogP contribution in [0.2, 0.25) is 5.02 Å². The Morgan fingerprint density at radius 2 is 1.80 bits per heavy atom. The number of carbonyl (C=O) groups excluding carboxylic acids is 1. The smallest absolute Gasteiger partial charge is 0.258 e. The Bertz CT molecular complexity index is 743. The van der Waals surface area contributed by atoms with Crippen LogP contribution in [-0.2, 0) is 6.54 Å². The van der Waals surface area contributed by atoms with Crippen LogP contribution in [0, 0.1) is 5.82 Å². The Hall–Kier alpha value is -1.95. The molecule has 1 N–H and O–H groups in total. The first kappa shape index (κ1) is 17.9. The lowest BCUT2D eigenvalue weighted by molar-refractivity contribution is 0.102. The highest BCUT2D eigenvalue weighted by atomic mass is 35.5. The van der Waals surface area contributed by atoms with Crippen LogP contribution < -0.4 is 5.32 Å². The van der Waals surface area contributed by atoms with E-state index in [9.17, 15) is 9.18 Å². The van der Waals surface area contributed by atoms with Crippen LogP contribution in [0.25, 0.3) is 0 Å². The van der Waals surface area contributed by atoms with Gasteiger partial charge in [-0.25, -0.2) is 4.39 Å². The molecule has 25 heavy (non-hydrogen) atoms. The van der Waals surface area contributed by atoms with Crippen LogP contribution in [0.15, 0.2) is 42.5 Å². The van der Waals surface area contributed by atoms with Gasteiger partial charge >= 0.3 is 0 Å². The topological polar surface area (TPSA) is 35.6 Å². The molecule has 0 atom stereocenters. The molecule has 0 spiro atoms. The largest absolute Gasteiger partial charge is 0.322 e. The second kappa shape index (κ2) is 7.95. The maximum absolute atomic E-state index is 13.7. The molecule has 0 unspecified atom stereocenters. The van der Waals surface area contributed by atoms with Crippen molar-refractivity contribution in [1.29, 1.82) is 0 Å². The zero-order valence-electron chi connectivity index (χ0n) is 14.1. The second-order valence-corrected chi connectivity index (χ2v) is 6.79. The SMILES string of the molecule is CN1CCN(Cc2ccc(NC(=O)c3cc(Cl)ccc3F)cc2)CC1. The molecule has 1 aliphatic rings. The van der Waals surface area contributed by atoms with E-state index in [0.717, 1.165) is 32.7 Å². The Morgan fingerprint density at radius 1 is 1.12 bits per heavy atom. The summed E-state index contributed by atoms with van der Waals surface area (Å²) in [4.78, 5) is 16.9. The molecule has 0 bridgehead atoms. The van der Waals surface area contributed by atoms with E-state index in [1.54, 1.807) is 0 Å². The monoisotopic (exact) mass is 361 g/mol. The molecule has 0 radical (unpaired) electrons. The van der Waals surface area contributed by atoms with Gasteiger partial charge in [0.2, 0.25) is 0 Å². The Kier molecular flexibility index (Phi) is 5.68. The predicted molar refractivity (Wildman–Crippen MR) is 98.6 cm³/mol. The summed E-state index contributed by atoms with van der Waals surface area (Å²) in [5, 5.41) is 3.03. The molecule has 0 aromatic heterocycles. The normalized spacial score (nSPS) is 16.0. The number of nitrogens with one attached hydrogen (secondary N) is 1. The fourth-order valence-electron chi connectivity index (χ4n) is 2.83. The lowest BCUT2D eigenvalue weighted by atomic mass is 10.1. The summed E-state index contributed by atoms with van der Waals surface area (Å²) < 4.78 is 13.7. The van der Waals surface area contributed by atoms with Gasteiger partial charge < -0.3 is 10.2 Å². The molecule has 2 aromatic rings. The van der Waals surface area contributed by atoms with Crippen molar-refractivity contribution in [1.82, 2.24) is 9.80 Å². The first-order valence-electron chi connectivity index (χ1n) is 8.27. The first-order valence-corrected chi connectivity index (χ1v) is 8.65. The number of nitrogens with zero attached hydrogens (tertiary/aromatic N) is 2. The third kappa shape index (κ3) is 4.78. The summed E-state index contributed by atoms with van der Waals surface area (Å²) in [7, 11) is 2.14. The standard InChI is InChI=1S/C19H21ClFN3O/c1-23-8-10-24(11-9-23)13-14-2-5-16(6-3-14)22-19(25)17-12-15(20)4-7-18(17)21/h2-7,12H,8-11,13H2,1H3,(H,22,25). The van der Waals surface area contributed by atoms with Crippen LogP contribution in [-0.4, -0.2) is 48.9 Å². The molecule has 3 rings (SSSR count). The molecule has 2 aromatic carbocycles. The number of benzene rings is 2. The third-order valence-electron chi connectivity index (χ3n) is 4.39. The van der Waals surface area contributed by atoms with Gasteiger partial charge in [-0.3, -0.25) is 9.69 Å². The number of halogens is 2. The molecule has 0 aliphatic carbocycles. The van der Waals surface area contributed by atoms with Gasteiger partial charge in [0.1, 0.15) is 5.82 Å². The number of likely N-dealkylation sites (N-methyl/N-ethyl adjacent to an activating group) is 1. The number of hydrogen-bond acceptors (Lipinski definition) is 3. The summed E-state index contributed by atoms with van der Waals surface area (Å²) >= 11 is 5.83. The molecule has 132 valence electrons. The van der Waals surface area contributed by atoms with Gasteiger partial charge in [-0.15, -0.1) is 0 Å². The molecular formula is C19H21ClFN3O. The Morgan fingerprint density at radius 3 is 2.48 bits per heavy atom. The average molecular weight is 362 g/mol. The highest BCUT2D eigenvalue weighted by Gasteiger charge is 2.15. The summed E-state index contributed by atoms with van der Waals surface area (Å²) in [6, 6.07) is 11.6. The lowest BCUT2D eigenvalue weighted by Crippen LogP contribution is -2.43. The fourth-order valence-corrected chi connectivity index (χ4v) is 3.00. The van der Waals surface area contributed by atoms with E-state index >= 15 is 0 Å². The molecular weight excluding hydrogens is 341 g/mol. The maximum atomic E-state index is 13.7. The van der Waals surface area contributed by atoms with Crippen molar-refractivity contribution in [2.75, 3.05) is 38.5 Å². The minimum atomic E-state index is -0.589. The second-order valence-electron chi connectivity index (χ2n) is 6.35. The minimum Gasteiger partial charge on any atom is -0.322 e. The molecule has 1 heterocycles. The van der Waals surface area contributed by atoms with Crippen LogP contribution in [0.1, 0.15) is 15.9 Å². The summed E-state index contributed by atoms with van der Waals surface area (Å²) in [5.41, 5.74) is 1.76. The predicted octanol–water partition coefficient (Wildman–Crippen LogP) is 3.48. The van der Waals surface area contributed by atoms with E-state index in [2.05, 4.69) is 22.2 Å². The minimum absolute atomic E-state index is 0.0611. The number of piperazine rings is 1. The molecule has 4 nitrogen and oxygen atoms in total. The van der Waals surface area contributed by atoms with Gasteiger partial charge in [-0.1, -0.05) is 23.7 Å². The summed E-state index contributed by atoms with van der Waals surface area (Å²) in [6.07, 6.45) is 0. The molecule has 1 saturated heterocycles. The average Bonchev–Trinajstić information content (AvgIpc) is 2.60. The fraction of sp³-hybridized carbons (Fsp3) is 0.316. The molecule has 1 aliphatic heterocycles. The van der Waals surface area contributed by atoms with E-state index in [4.69, 9.17) is 11.6 Å². The highest BCUT2D eigenvalue weighted by molar-refractivity contribution is 6.31. The highest BCUT2D eigenvalue weighted by Crippen LogP contribution is 2.18. The van der Waals surface area contributed by atoms with Crippen LogP contribution >= 0.6 is 11.6 Å². The molecule has 1 fully saturated rings. The van der Waals surface area contributed by atoms with Crippen molar-refractivity contribution in [3.63, 3.8) is 0 Å². The van der Waals surface area contributed by atoms with Crippen molar-refractivity contribution >= 4 is 23.2 Å². The quantitative estimate of drug-likeness (QED) is 0.905. The molecule has 6 heteroatoms. The van der Waals surface area contributed by atoms with Gasteiger partial charge in [-0.2, -0.15) is 0 Å². The van der Waals surface area contributed by atoms with Gasteiger partial charge in [0, 0.05) is 43.4 Å². The van der Waals surface area contributed by atoms with Crippen molar-refractivity contribution in [2.45, 2.75) is 6.54 Å². The van der Waals surface area contributed by atoms with E-state index in [1.165, 1.54) is 23.8 Å². The number of hydrogen-bond donors (Lipinski definition) is 1. The van der Waals surface area contributed by atoms with Crippen LogP contribution in [0.4, 0.5) is 10.1 Å². The van der Waals surface area contributed by atoms with Crippen LogP contribution in [0.5, 0.6) is 0 Å². The van der Waals surface area contributed by atoms with E-state index in [0.29, 0.717) is 10.7 Å². The van der Waals surface area contributed by atoms with E-state index < -0.39 is 11.7 Å². The summed E-state index contributed by atoms with van der Waals surface area (Å²) in [6.45, 7) is 5.18. The van der Waals surface area contributed by atoms with Gasteiger partial charge in [-0.05, 0) is 42.9 Å². The van der Waals surface area contributed by atoms with Crippen molar-refractivity contribution in [2.24, 2.45) is 0 Å². The first-order chi connectivity index (χ1) is 12.0. The van der Waals surface area contributed by atoms with Gasteiger partial charge in [0.15, 0.2) is 0 Å². The third-order valence-corrected chi connectivity index (χ3v) is 4.62. The summed E-state index contributed by atoms with van der Waals surface area (Å²) in [5.74, 6) is -1.10. The lowest BCUT2D eigenvalue weighted by Gasteiger charge is -2.32. The maximum Gasteiger partial charge on any atom is 0.258 e. The van der Waals surface area contributed by atoms with Crippen LogP contribution in [0.3, 0.4) is 0 Å². The van der Waals surface area contributed by atoms with Gasteiger partial charge in [0.25, 0.3) is 5.91 Å². The zero-order chi connectivity index (χ0) is 17.8. The van der Waals surface area contributed by atoms with Crippen molar-refractivity contribution in [3.8, 4) is 0 Å². The number of carbonyl (C=O) groups is 1. The van der Waals surface area contributed by atoms with Gasteiger partial charge in [0.05, 0.1) is 5.56 Å². The Balaban J connectivity index is 1.60. The van der Waals surface area contributed by atoms with Crippen molar-refractivity contribution < 1.29 is 9.18 Å². The number of rotatable bonds is 4. The number of anilines is 1. The van der Waals surface area contributed by atoms with E-state index in [1.807, 2.05) is 24.3 Å². The van der Waals surface area contributed by atoms with Crippen molar-refractivity contribution in [3.05, 3.63) is 64.4 Å². The number of amides is 1. The zero-order valence-corrected chi connectivity index (χ0v) is 14.9. The van der Waals surface area contributed by atoms with E-state index in [-0.39, 0.29) is 5.56 Å². The molecule has 1 amide bonds. The molecule has 0 saturated carbocycles.